The summed E-state index contributed by atoms with van der Waals surface area (Å²) in [5, 5.41) is 12.9. The van der Waals surface area contributed by atoms with Gasteiger partial charge in [-0.2, -0.15) is 5.01 Å². The molecule has 4 rings (SSSR count). The van der Waals surface area contributed by atoms with E-state index in [2.05, 4.69) is 31.9 Å². The molecule has 1 aliphatic heterocycles. The lowest BCUT2D eigenvalue weighted by Crippen LogP contribution is -2.52. The van der Waals surface area contributed by atoms with Crippen molar-refractivity contribution in [1.29, 1.82) is 0 Å². The van der Waals surface area contributed by atoms with Crippen LogP contribution in [0.4, 0.5) is 5.69 Å². The van der Waals surface area contributed by atoms with Crippen LogP contribution in [0.15, 0.2) is 42.5 Å². The number of carbonyl (C=O) groups excluding carboxylic acids is 4. The minimum atomic E-state index is -0.821. The van der Waals surface area contributed by atoms with Crippen LogP contribution >= 0.6 is 55.1 Å². The van der Waals surface area contributed by atoms with E-state index in [4.69, 9.17) is 23.2 Å². The fraction of sp³-hybridized carbons (Fsp3) is 0.304. The molecule has 13 heteroatoms. The van der Waals surface area contributed by atoms with Gasteiger partial charge in [0, 0.05) is 32.9 Å². The largest absolute Gasteiger partial charge is 0.292 e. The molecule has 0 aromatic heterocycles. The van der Waals surface area contributed by atoms with Crippen LogP contribution in [0.2, 0.25) is 10.0 Å². The second-order valence-corrected chi connectivity index (χ2v) is 11.6. The summed E-state index contributed by atoms with van der Waals surface area (Å²) in [5.41, 5.74) is -0.355. The molecule has 188 valence electrons. The number of hydrogen-bond donors (Lipinski definition) is 0. The van der Waals surface area contributed by atoms with E-state index in [1.54, 1.807) is 0 Å². The Balaban J connectivity index is 1.72. The number of nitro groups is 1. The number of nitrogens with zero attached hydrogens (tertiary/aromatic N) is 3. The van der Waals surface area contributed by atoms with Crippen LogP contribution in [-0.2, 0) is 9.59 Å². The first-order chi connectivity index (χ1) is 17.0. The van der Waals surface area contributed by atoms with Crippen molar-refractivity contribution < 1.29 is 24.1 Å². The van der Waals surface area contributed by atoms with E-state index < -0.39 is 46.8 Å². The Morgan fingerprint density at radius 1 is 0.972 bits per heavy atom. The number of imide groups is 1. The molecule has 2 fully saturated rings. The second-order valence-electron chi connectivity index (χ2n) is 8.43. The Morgan fingerprint density at radius 3 is 2.14 bits per heavy atom. The number of hydrogen-bond acceptors (Lipinski definition) is 6. The molecule has 0 bridgehead atoms. The first-order valence-electron chi connectivity index (χ1n) is 10.7. The molecule has 0 N–H and O–H groups in total. The first kappa shape index (κ1) is 26.7. The summed E-state index contributed by atoms with van der Waals surface area (Å²) in [6.45, 7) is -0.702. The van der Waals surface area contributed by atoms with Gasteiger partial charge >= 0.3 is 0 Å². The fourth-order valence-electron chi connectivity index (χ4n) is 4.35. The average Bonchev–Trinajstić information content (AvgIpc) is 3.08. The highest BCUT2D eigenvalue weighted by Gasteiger charge is 2.54. The van der Waals surface area contributed by atoms with Crippen LogP contribution in [-0.4, -0.2) is 54.6 Å². The Kier molecular flexibility index (Phi) is 7.84. The minimum absolute atomic E-state index is 0.00319. The van der Waals surface area contributed by atoms with E-state index in [1.165, 1.54) is 36.4 Å². The topological polar surface area (TPSA) is 118 Å². The number of alkyl halides is 2. The third-order valence-electron chi connectivity index (χ3n) is 6.20. The number of fused-ring (bicyclic) bond motifs is 1. The highest BCUT2D eigenvalue weighted by atomic mass is 79.9. The van der Waals surface area contributed by atoms with Gasteiger partial charge in [0.25, 0.3) is 23.4 Å². The summed E-state index contributed by atoms with van der Waals surface area (Å²) in [7, 11) is 0. The molecule has 1 saturated heterocycles. The maximum Gasteiger partial charge on any atom is 0.273 e. The Labute approximate surface area is 232 Å². The van der Waals surface area contributed by atoms with E-state index in [1.807, 2.05) is 0 Å². The number of nitro benzene ring substituents is 1. The number of rotatable bonds is 6. The Hall–Kier alpha value is -2.34. The predicted octanol–water partition coefficient (Wildman–Crippen LogP) is 5.06. The molecule has 1 heterocycles. The molecule has 1 aliphatic carbocycles. The van der Waals surface area contributed by atoms with Gasteiger partial charge < -0.3 is 0 Å². The lowest BCUT2D eigenvalue weighted by molar-refractivity contribution is -0.384. The van der Waals surface area contributed by atoms with Crippen molar-refractivity contribution in [2.24, 2.45) is 11.8 Å². The van der Waals surface area contributed by atoms with Gasteiger partial charge in [0.05, 0.1) is 26.8 Å². The standard InChI is InChI=1S/C23H17Br2Cl2N3O6/c24-16-8-14-15(9-17(16)25)23(34)29(22(14)33)28(21(32)12-4-5-18(26)19(27)7-12)10-20(31)11-2-1-3-13(6-11)30(35)36/h1-7,14-17H,8-10H2/t14-,15-,16+,17+/m1/s1. The van der Waals surface area contributed by atoms with Gasteiger partial charge in [-0.15, -0.1) is 0 Å². The maximum atomic E-state index is 13.6. The molecule has 3 amide bonds. The molecule has 2 aromatic rings. The molecule has 2 aromatic carbocycles. The van der Waals surface area contributed by atoms with Gasteiger partial charge in [0.1, 0.15) is 6.54 Å². The van der Waals surface area contributed by atoms with Crippen LogP contribution in [0.3, 0.4) is 0 Å². The molecule has 0 radical (unpaired) electrons. The molecular formula is C23H17Br2Cl2N3O6. The highest BCUT2D eigenvalue weighted by molar-refractivity contribution is 9.12. The van der Waals surface area contributed by atoms with Gasteiger partial charge in [-0.25, -0.2) is 5.01 Å². The lowest BCUT2D eigenvalue weighted by Gasteiger charge is -2.30. The predicted molar refractivity (Wildman–Crippen MR) is 138 cm³/mol. The number of non-ortho nitro benzene ring substituents is 1. The summed E-state index contributed by atoms with van der Waals surface area (Å²) in [4.78, 5) is 63.9. The number of amides is 3. The lowest BCUT2D eigenvalue weighted by atomic mass is 9.81. The van der Waals surface area contributed by atoms with Crippen molar-refractivity contribution >= 4 is 84.3 Å². The molecule has 0 spiro atoms. The molecule has 9 nitrogen and oxygen atoms in total. The van der Waals surface area contributed by atoms with E-state index in [0.29, 0.717) is 12.8 Å². The van der Waals surface area contributed by atoms with Gasteiger partial charge in [-0.05, 0) is 31.0 Å². The third-order valence-corrected chi connectivity index (χ3v) is 9.68. The van der Waals surface area contributed by atoms with Crippen LogP contribution in [0, 0.1) is 22.0 Å². The zero-order valence-electron chi connectivity index (χ0n) is 18.3. The van der Waals surface area contributed by atoms with Crippen LogP contribution in [0.1, 0.15) is 33.6 Å². The number of carbonyl (C=O) groups is 4. The van der Waals surface area contributed by atoms with E-state index in [9.17, 15) is 29.3 Å². The van der Waals surface area contributed by atoms with Crippen LogP contribution in [0.5, 0.6) is 0 Å². The van der Waals surface area contributed by atoms with E-state index >= 15 is 0 Å². The smallest absolute Gasteiger partial charge is 0.273 e. The third kappa shape index (κ3) is 5.06. The molecule has 4 atom stereocenters. The number of halogens is 4. The zero-order valence-corrected chi connectivity index (χ0v) is 23.0. The summed E-state index contributed by atoms with van der Waals surface area (Å²) >= 11 is 19.1. The number of Topliss-reactive ketones (excluding diaryl/α,β-unsaturated/α-hetero) is 1. The van der Waals surface area contributed by atoms with Crippen molar-refractivity contribution in [1.82, 2.24) is 10.0 Å². The minimum Gasteiger partial charge on any atom is -0.292 e. The van der Waals surface area contributed by atoms with Crippen molar-refractivity contribution in [2.75, 3.05) is 6.54 Å². The average molecular weight is 662 g/mol. The van der Waals surface area contributed by atoms with Crippen LogP contribution < -0.4 is 0 Å². The summed E-state index contributed by atoms with van der Waals surface area (Å²) in [6, 6.07) is 9.01. The summed E-state index contributed by atoms with van der Waals surface area (Å²) < 4.78 is 0. The van der Waals surface area contributed by atoms with Gasteiger partial charge in [-0.3, -0.25) is 29.3 Å². The maximum absolute atomic E-state index is 13.6. The van der Waals surface area contributed by atoms with Gasteiger partial charge in [0.15, 0.2) is 5.78 Å². The molecule has 0 unspecified atom stereocenters. The van der Waals surface area contributed by atoms with Crippen molar-refractivity contribution in [2.45, 2.75) is 22.5 Å². The van der Waals surface area contributed by atoms with Gasteiger partial charge in [0.2, 0.25) is 0 Å². The number of ketones is 1. The molecular weight excluding hydrogens is 645 g/mol. The SMILES string of the molecule is O=C(CN(C(=O)c1ccc(Cl)c(Cl)c1)N1C(=O)[C@@H]2C[C@H](Br)[C@@H](Br)C[C@H]2C1=O)c1cccc([N+](=O)[O-])c1. The Bertz CT molecular complexity index is 1260. The second kappa shape index (κ2) is 10.6. The number of hydrazine groups is 1. The van der Waals surface area contributed by atoms with E-state index in [-0.39, 0.29) is 36.5 Å². The van der Waals surface area contributed by atoms with Crippen molar-refractivity contribution in [3.63, 3.8) is 0 Å². The zero-order chi connectivity index (χ0) is 26.3. The van der Waals surface area contributed by atoms with Crippen LogP contribution in [0.25, 0.3) is 0 Å². The van der Waals surface area contributed by atoms with Gasteiger partial charge in [-0.1, -0.05) is 67.2 Å². The summed E-state index contributed by atoms with van der Waals surface area (Å²) in [6.07, 6.45) is 0.741. The number of benzene rings is 2. The van der Waals surface area contributed by atoms with Crippen molar-refractivity contribution in [3.05, 3.63) is 73.8 Å². The normalized spacial score (nSPS) is 23.4. The molecule has 1 saturated carbocycles. The summed E-state index contributed by atoms with van der Waals surface area (Å²) in [5.74, 6) is -4.01. The monoisotopic (exact) mass is 659 g/mol. The van der Waals surface area contributed by atoms with E-state index in [0.717, 1.165) is 16.1 Å². The first-order valence-corrected chi connectivity index (χ1v) is 13.3. The molecule has 36 heavy (non-hydrogen) atoms. The van der Waals surface area contributed by atoms with Crippen molar-refractivity contribution in [3.8, 4) is 0 Å². The Morgan fingerprint density at radius 2 is 1.58 bits per heavy atom. The molecule has 2 aliphatic rings. The highest BCUT2D eigenvalue weighted by Crippen LogP contribution is 2.43. The fourth-order valence-corrected chi connectivity index (χ4v) is 5.88. The quantitative estimate of drug-likeness (QED) is 0.140.